The van der Waals surface area contributed by atoms with E-state index in [1.54, 1.807) is 0 Å². The van der Waals surface area contributed by atoms with Crippen molar-refractivity contribution in [3.8, 4) is 0 Å². The molecule has 0 aromatic carbocycles. The van der Waals surface area contributed by atoms with Crippen molar-refractivity contribution in [3.05, 3.63) is 17.3 Å². The Balaban J connectivity index is 2.08. The number of hydrogen-bond acceptors (Lipinski definition) is 4. The molecule has 1 aliphatic rings. The molecule has 0 radical (unpaired) electrons. The SMILES string of the molecule is CCCc1nc(CC2CCCCCC2)oc1C(=O)OC. The normalized spacial score (nSPS) is 16.9. The van der Waals surface area contributed by atoms with E-state index in [1.807, 2.05) is 0 Å². The minimum atomic E-state index is -0.409. The maximum Gasteiger partial charge on any atom is 0.375 e. The molecule has 1 aromatic heterocycles. The van der Waals surface area contributed by atoms with E-state index in [9.17, 15) is 4.79 Å². The number of aryl methyl sites for hydroxylation is 1. The lowest BCUT2D eigenvalue weighted by Gasteiger charge is -2.10. The Bertz CT molecular complexity index is 431. The smallest absolute Gasteiger partial charge is 0.375 e. The first-order chi connectivity index (χ1) is 9.74. The van der Waals surface area contributed by atoms with Gasteiger partial charge in [0.15, 0.2) is 5.89 Å². The van der Waals surface area contributed by atoms with Crippen molar-refractivity contribution in [2.45, 2.75) is 64.7 Å². The number of rotatable bonds is 5. The zero-order valence-electron chi connectivity index (χ0n) is 12.6. The fourth-order valence-corrected chi connectivity index (χ4v) is 2.96. The molecule has 4 heteroatoms. The van der Waals surface area contributed by atoms with Crippen LogP contribution in [0.4, 0.5) is 0 Å². The molecule has 0 saturated heterocycles. The molecule has 0 unspecified atom stereocenters. The van der Waals surface area contributed by atoms with Gasteiger partial charge in [-0.05, 0) is 25.2 Å². The number of oxazole rings is 1. The molecule has 112 valence electrons. The van der Waals surface area contributed by atoms with Gasteiger partial charge in [0.1, 0.15) is 0 Å². The van der Waals surface area contributed by atoms with E-state index in [1.165, 1.54) is 45.6 Å². The summed E-state index contributed by atoms with van der Waals surface area (Å²) in [6.07, 6.45) is 10.4. The number of ether oxygens (including phenoxy) is 1. The summed E-state index contributed by atoms with van der Waals surface area (Å²) in [5, 5.41) is 0. The van der Waals surface area contributed by atoms with E-state index in [2.05, 4.69) is 11.9 Å². The van der Waals surface area contributed by atoms with Gasteiger partial charge in [-0.1, -0.05) is 39.0 Å². The molecule has 0 atom stereocenters. The molecular weight excluding hydrogens is 254 g/mol. The molecule has 0 spiro atoms. The summed E-state index contributed by atoms with van der Waals surface area (Å²) in [4.78, 5) is 16.2. The van der Waals surface area contributed by atoms with Gasteiger partial charge in [0.05, 0.1) is 12.8 Å². The molecule has 1 fully saturated rings. The van der Waals surface area contributed by atoms with E-state index in [0.717, 1.165) is 25.0 Å². The third kappa shape index (κ3) is 3.84. The van der Waals surface area contributed by atoms with Gasteiger partial charge in [-0.15, -0.1) is 0 Å². The highest BCUT2D eigenvalue weighted by molar-refractivity contribution is 5.87. The van der Waals surface area contributed by atoms with Crippen LogP contribution in [0, 0.1) is 5.92 Å². The van der Waals surface area contributed by atoms with Crippen LogP contribution in [-0.2, 0) is 17.6 Å². The minimum absolute atomic E-state index is 0.304. The summed E-state index contributed by atoms with van der Waals surface area (Å²) in [6.45, 7) is 2.07. The van der Waals surface area contributed by atoms with Crippen LogP contribution in [0.5, 0.6) is 0 Å². The first-order valence-corrected chi connectivity index (χ1v) is 7.81. The number of hydrogen-bond donors (Lipinski definition) is 0. The van der Waals surface area contributed by atoms with Crippen molar-refractivity contribution >= 4 is 5.97 Å². The monoisotopic (exact) mass is 279 g/mol. The van der Waals surface area contributed by atoms with Crippen molar-refractivity contribution < 1.29 is 13.9 Å². The van der Waals surface area contributed by atoms with E-state index < -0.39 is 5.97 Å². The Labute approximate surface area is 120 Å². The van der Waals surface area contributed by atoms with Crippen LogP contribution in [0.2, 0.25) is 0 Å². The zero-order chi connectivity index (χ0) is 14.4. The van der Waals surface area contributed by atoms with Gasteiger partial charge in [-0.25, -0.2) is 9.78 Å². The average Bonchev–Trinajstić information content (AvgIpc) is 2.67. The molecule has 0 aliphatic heterocycles. The van der Waals surface area contributed by atoms with Crippen molar-refractivity contribution in [3.63, 3.8) is 0 Å². The van der Waals surface area contributed by atoms with Crippen LogP contribution in [0.3, 0.4) is 0 Å². The number of carbonyl (C=O) groups excluding carboxylic acids is 1. The van der Waals surface area contributed by atoms with Gasteiger partial charge in [-0.2, -0.15) is 0 Å². The predicted molar refractivity (Wildman–Crippen MR) is 76.7 cm³/mol. The maximum atomic E-state index is 11.7. The molecule has 2 rings (SSSR count). The van der Waals surface area contributed by atoms with Crippen molar-refractivity contribution in [2.75, 3.05) is 7.11 Å². The lowest BCUT2D eigenvalue weighted by molar-refractivity contribution is 0.0560. The molecule has 20 heavy (non-hydrogen) atoms. The van der Waals surface area contributed by atoms with Crippen LogP contribution in [-0.4, -0.2) is 18.1 Å². The van der Waals surface area contributed by atoms with Gasteiger partial charge in [-0.3, -0.25) is 0 Å². The molecule has 1 saturated carbocycles. The fraction of sp³-hybridized carbons (Fsp3) is 0.750. The molecule has 0 N–H and O–H groups in total. The summed E-state index contributed by atoms with van der Waals surface area (Å²) in [6, 6.07) is 0. The lowest BCUT2D eigenvalue weighted by Crippen LogP contribution is -2.03. The number of carbonyl (C=O) groups is 1. The summed E-state index contributed by atoms with van der Waals surface area (Å²) >= 11 is 0. The van der Waals surface area contributed by atoms with Crippen molar-refractivity contribution in [2.24, 2.45) is 5.92 Å². The molecule has 4 nitrogen and oxygen atoms in total. The highest BCUT2D eigenvalue weighted by Gasteiger charge is 2.22. The molecule has 1 aromatic rings. The first kappa shape index (κ1) is 15.1. The highest BCUT2D eigenvalue weighted by Crippen LogP contribution is 2.26. The van der Waals surface area contributed by atoms with Crippen LogP contribution < -0.4 is 0 Å². The molecule has 1 aliphatic carbocycles. The van der Waals surface area contributed by atoms with Gasteiger partial charge < -0.3 is 9.15 Å². The third-order valence-electron chi connectivity index (χ3n) is 4.04. The van der Waals surface area contributed by atoms with Crippen LogP contribution in [0.25, 0.3) is 0 Å². The molecule has 0 bridgehead atoms. The topological polar surface area (TPSA) is 52.3 Å². The summed E-state index contributed by atoms with van der Waals surface area (Å²) < 4.78 is 10.5. The second kappa shape index (κ2) is 7.46. The van der Waals surface area contributed by atoms with Gasteiger partial charge in [0.25, 0.3) is 0 Å². The van der Waals surface area contributed by atoms with Crippen LogP contribution in [0.15, 0.2) is 4.42 Å². The van der Waals surface area contributed by atoms with E-state index in [-0.39, 0.29) is 0 Å². The maximum absolute atomic E-state index is 11.7. The minimum Gasteiger partial charge on any atom is -0.463 e. The Morgan fingerprint density at radius 1 is 1.30 bits per heavy atom. The van der Waals surface area contributed by atoms with E-state index in [0.29, 0.717) is 17.6 Å². The Hall–Kier alpha value is -1.32. The third-order valence-corrected chi connectivity index (χ3v) is 4.04. The fourth-order valence-electron chi connectivity index (χ4n) is 2.96. The van der Waals surface area contributed by atoms with Gasteiger partial charge in [0.2, 0.25) is 5.76 Å². The standard InChI is InChI=1S/C16H25NO3/c1-3-8-13-15(16(18)19-2)20-14(17-13)11-12-9-6-4-5-7-10-12/h12H,3-11H2,1-2H3. The second-order valence-corrected chi connectivity index (χ2v) is 5.69. The van der Waals surface area contributed by atoms with E-state index in [4.69, 9.17) is 9.15 Å². The summed E-state index contributed by atoms with van der Waals surface area (Å²) in [7, 11) is 1.38. The van der Waals surface area contributed by atoms with Gasteiger partial charge in [0, 0.05) is 6.42 Å². The number of esters is 1. The Morgan fingerprint density at radius 2 is 2.00 bits per heavy atom. The molecule has 0 amide bonds. The largest absolute Gasteiger partial charge is 0.463 e. The molecular formula is C16H25NO3. The highest BCUT2D eigenvalue weighted by atomic mass is 16.5. The average molecular weight is 279 g/mol. The Morgan fingerprint density at radius 3 is 2.60 bits per heavy atom. The van der Waals surface area contributed by atoms with E-state index >= 15 is 0 Å². The summed E-state index contributed by atoms with van der Waals surface area (Å²) in [5.74, 6) is 1.25. The van der Waals surface area contributed by atoms with Crippen LogP contribution in [0.1, 0.15) is 74.0 Å². The van der Waals surface area contributed by atoms with Crippen molar-refractivity contribution in [1.29, 1.82) is 0 Å². The number of nitrogens with zero attached hydrogens (tertiary/aromatic N) is 1. The predicted octanol–water partition coefficient (Wildman–Crippen LogP) is 3.93. The second-order valence-electron chi connectivity index (χ2n) is 5.69. The Kier molecular flexibility index (Phi) is 5.62. The zero-order valence-corrected chi connectivity index (χ0v) is 12.6. The van der Waals surface area contributed by atoms with Crippen LogP contribution >= 0.6 is 0 Å². The first-order valence-electron chi connectivity index (χ1n) is 7.81. The lowest BCUT2D eigenvalue weighted by atomic mass is 9.97. The quantitative estimate of drug-likeness (QED) is 0.605. The van der Waals surface area contributed by atoms with Gasteiger partial charge >= 0.3 is 5.97 Å². The number of methoxy groups -OCH3 is 1. The summed E-state index contributed by atoms with van der Waals surface area (Å²) in [5.41, 5.74) is 0.753. The number of aromatic nitrogens is 1. The van der Waals surface area contributed by atoms with Crippen molar-refractivity contribution in [1.82, 2.24) is 4.98 Å². The molecule has 1 heterocycles.